The first kappa shape index (κ1) is 17.9. The molecule has 7 nitrogen and oxygen atoms in total. The Balaban J connectivity index is 2.24. The molecule has 0 atom stereocenters. The van der Waals surface area contributed by atoms with Crippen LogP contribution in [-0.2, 0) is 26.3 Å². The lowest BCUT2D eigenvalue weighted by molar-refractivity contribution is -0.137. The number of hydrogen-bond acceptors (Lipinski definition) is 4. The number of rotatable bonds is 6. The van der Waals surface area contributed by atoms with E-state index >= 15 is 0 Å². The minimum Gasteiger partial charge on any atom is -0.480 e. The van der Waals surface area contributed by atoms with Gasteiger partial charge in [0, 0.05) is 19.6 Å². The summed E-state index contributed by atoms with van der Waals surface area (Å²) in [6, 6.07) is 8.95. The normalized spacial score (nSPS) is 18.9. The summed E-state index contributed by atoms with van der Waals surface area (Å²) in [6.45, 7) is 3.78. The second kappa shape index (κ2) is 6.96. The average molecular weight is 342 g/mol. The van der Waals surface area contributed by atoms with E-state index < -0.39 is 28.3 Å². The van der Waals surface area contributed by atoms with Gasteiger partial charge in [-0.25, -0.2) is 0 Å². The molecule has 0 radical (unpaired) electrons. The van der Waals surface area contributed by atoms with Crippen LogP contribution in [0.3, 0.4) is 0 Å². The van der Waals surface area contributed by atoms with Gasteiger partial charge in [0.05, 0.1) is 12.2 Å². The molecule has 1 aliphatic heterocycles. The Morgan fingerprint density at radius 3 is 2.57 bits per heavy atom. The van der Waals surface area contributed by atoms with Gasteiger partial charge in [-0.05, 0) is 19.4 Å². The van der Waals surface area contributed by atoms with Crippen molar-refractivity contribution in [3.8, 4) is 0 Å². The molecule has 0 aliphatic carbocycles. The van der Waals surface area contributed by atoms with Crippen LogP contribution >= 0.6 is 0 Å². The van der Waals surface area contributed by atoms with Gasteiger partial charge in [-0.1, -0.05) is 30.3 Å². The van der Waals surface area contributed by atoms with Gasteiger partial charge in [-0.3, -0.25) is 4.79 Å². The van der Waals surface area contributed by atoms with E-state index in [-0.39, 0.29) is 19.6 Å². The summed E-state index contributed by atoms with van der Waals surface area (Å²) in [4.78, 5) is 11.1. The topological polar surface area (TPSA) is 87.2 Å². The number of aliphatic carboxylic acids is 1. The van der Waals surface area contributed by atoms with Crippen LogP contribution in [0.25, 0.3) is 0 Å². The molecular weight excluding hydrogens is 320 g/mol. The van der Waals surface area contributed by atoms with Crippen molar-refractivity contribution < 1.29 is 23.1 Å². The molecule has 23 heavy (non-hydrogen) atoms. The van der Waals surface area contributed by atoms with Gasteiger partial charge >= 0.3 is 5.97 Å². The van der Waals surface area contributed by atoms with Gasteiger partial charge in [-0.2, -0.15) is 17.0 Å². The van der Waals surface area contributed by atoms with Crippen molar-refractivity contribution >= 4 is 16.2 Å². The lowest BCUT2D eigenvalue weighted by Gasteiger charge is -2.39. The van der Waals surface area contributed by atoms with Gasteiger partial charge in [-0.15, -0.1) is 0 Å². The Bertz CT molecular complexity index is 645. The van der Waals surface area contributed by atoms with Crippen molar-refractivity contribution in [2.75, 3.05) is 26.2 Å². The molecule has 1 aromatic carbocycles. The van der Waals surface area contributed by atoms with E-state index in [1.165, 1.54) is 4.31 Å². The van der Waals surface area contributed by atoms with Crippen molar-refractivity contribution in [2.45, 2.75) is 26.0 Å². The Morgan fingerprint density at radius 1 is 1.35 bits per heavy atom. The summed E-state index contributed by atoms with van der Waals surface area (Å²) < 4.78 is 33.5. The largest absolute Gasteiger partial charge is 0.480 e. The molecule has 1 heterocycles. The summed E-state index contributed by atoms with van der Waals surface area (Å²) >= 11 is 0. The lowest BCUT2D eigenvalue weighted by atomic mass is 10.1. The van der Waals surface area contributed by atoms with Crippen molar-refractivity contribution in [2.24, 2.45) is 0 Å². The van der Waals surface area contributed by atoms with E-state index in [0.29, 0.717) is 6.61 Å². The first-order valence-corrected chi connectivity index (χ1v) is 8.75. The minimum absolute atomic E-state index is 0.0211. The third kappa shape index (κ3) is 4.74. The first-order chi connectivity index (χ1) is 10.7. The monoisotopic (exact) mass is 342 g/mol. The molecule has 0 unspecified atom stereocenters. The molecule has 0 aromatic heterocycles. The second-order valence-electron chi connectivity index (χ2n) is 6.10. The van der Waals surface area contributed by atoms with Crippen LogP contribution in [0, 0.1) is 0 Å². The molecular formula is C15H22N2O5S. The highest BCUT2D eigenvalue weighted by atomic mass is 32.2. The smallest absolute Gasteiger partial charge is 0.318 e. The van der Waals surface area contributed by atoms with Gasteiger partial charge in [0.25, 0.3) is 10.2 Å². The molecule has 0 saturated carbocycles. The summed E-state index contributed by atoms with van der Waals surface area (Å²) in [6.07, 6.45) is 0. The van der Waals surface area contributed by atoms with Gasteiger partial charge < -0.3 is 9.84 Å². The molecule has 1 fully saturated rings. The number of benzene rings is 1. The van der Waals surface area contributed by atoms with Gasteiger partial charge in [0.15, 0.2) is 0 Å². The van der Waals surface area contributed by atoms with Crippen LogP contribution in [0.1, 0.15) is 19.4 Å². The zero-order valence-electron chi connectivity index (χ0n) is 13.3. The SMILES string of the molecule is CC1(C)CN(S(=O)(=O)N(CC(=O)O)Cc2ccccc2)CCO1. The quantitative estimate of drug-likeness (QED) is 0.831. The van der Waals surface area contributed by atoms with Gasteiger partial charge in [0.1, 0.15) is 6.54 Å². The third-order valence-electron chi connectivity index (χ3n) is 3.56. The molecule has 128 valence electrons. The highest BCUT2D eigenvalue weighted by Crippen LogP contribution is 2.22. The Hall–Kier alpha value is -1.48. The van der Waals surface area contributed by atoms with Crippen LogP contribution in [-0.4, -0.2) is 59.9 Å². The molecule has 8 heteroatoms. The number of carboxylic acid groups (broad SMARTS) is 1. The molecule has 2 rings (SSSR count). The van der Waals surface area contributed by atoms with Crippen LogP contribution < -0.4 is 0 Å². The Kier molecular flexibility index (Phi) is 5.41. The minimum atomic E-state index is -3.88. The highest BCUT2D eigenvalue weighted by Gasteiger charge is 2.38. The lowest BCUT2D eigenvalue weighted by Crippen LogP contribution is -2.55. The third-order valence-corrected chi connectivity index (χ3v) is 5.43. The van der Waals surface area contributed by atoms with Crippen LogP contribution in [0.5, 0.6) is 0 Å². The summed E-state index contributed by atoms with van der Waals surface area (Å²) in [5.41, 5.74) is 0.150. The fourth-order valence-corrected chi connectivity index (χ4v) is 4.18. The first-order valence-electron chi connectivity index (χ1n) is 7.36. The molecule has 1 aliphatic rings. The molecule has 1 saturated heterocycles. The van der Waals surface area contributed by atoms with E-state index in [2.05, 4.69) is 0 Å². The number of carboxylic acids is 1. The molecule has 0 spiro atoms. The standard InChI is InChI=1S/C15H22N2O5S/c1-15(2)12-16(8-9-22-15)23(20,21)17(11-14(18)19)10-13-6-4-3-5-7-13/h3-7H,8-12H2,1-2H3,(H,18,19). The van der Waals surface area contributed by atoms with E-state index in [9.17, 15) is 13.2 Å². The van der Waals surface area contributed by atoms with Crippen molar-refractivity contribution in [3.63, 3.8) is 0 Å². The van der Waals surface area contributed by atoms with E-state index in [4.69, 9.17) is 9.84 Å². The molecule has 1 N–H and O–H groups in total. The maximum Gasteiger partial charge on any atom is 0.318 e. The Labute approximate surface area is 136 Å². The number of hydrogen-bond donors (Lipinski definition) is 1. The maximum absolute atomic E-state index is 12.8. The number of nitrogens with zero attached hydrogens (tertiary/aromatic N) is 2. The van der Waals surface area contributed by atoms with Crippen LogP contribution in [0.2, 0.25) is 0 Å². The number of carbonyl (C=O) groups is 1. The van der Waals surface area contributed by atoms with E-state index in [1.54, 1.807) is 24.3 Å². The maximum atomic E-state index is 12.8. The zero-order valence-corrected chi connectivity index (χ0v) is 14.1. The molecule has 0 amide bonds. The average Bonchev–Trinajstić information content (AvgIpc) is 2.46. The summed E-state index contributed by atoms with van der Waals surface area (Å²) in [7, 11) is -3.88. The van der Waals surface area contributed by atoms with E-state index in [0.717, 1.165) is 9.87 Å². The zero-order chi connectivity index (χ0) is 17.1. The molecule has 0 bridgehead atoms. The van der Waals surface area contributed by atoms with Gasteiger partial charge in [0.2, 0.25) is 0 Å². The highest BCUT2D eigenvalue weighted by molar-refractivity contribution is 7.86. The molecule has 1 aromatic rings. The predicted octanol–water partition coefficient (Wildman–Crippen LogP) is 0.929. The fourth-order valence-electron chi connectivity index (χ4n) is 2.49. The van der Waals surface area contributed by atoms with Crippen molar-refractivity contribution in [3.05, 3.63) is 35.9 Å². The van der Waals surface area contributed by atoms with Crippen molar-refractivity contribution in [1.29, 1.82) is 0 Å². The predicted molar refractivity (Wildman–Crippen MR) is 85.0 cm³/mol. The van der Waals surface area contributed by atoms with Crippen LogP contribution in [0.15, 0.2) is 30.3 Å². The number of ether oxygens (including phenoxy) is 1. The fraction of sp³-hybridized carbons (Fsp3) is 0.533. The summed E-state index contributed by atoms with van der Waals surface area (Å²) in [5.74, 6) is -1.18. The second-order valence-corrected chi connectivity index (χ2v) is 8.03. The van der Waals surface area contributed by atoms with Crippen LogP contribution in [0.4, 0.5) is 0 Å². The Morgan fingerprint density at radius 2 is 2.00 bits per heavy atom. The van der Waals surface area contributed by atoms with E-state index in [1.807, 2.05) is 19.9 Å². The van der Waals surface area contributed by atoms with Crippen molar-refractivity contribution in [1.82, 2.24) is 8.61 Å². The number of morpholine rings is 1. The summed E-state index contributed by atoms with van der Waals surface area (Å²) in [5, 5.41) is 9.08.